The lowest BCUT2D eigenvalue weighted by molar-refractivity contribution is -0.166. The zero-order chi connectivity index (χ0) is 22.1. The average Bonchev–Trinajstić information content (AvgIpc) is 3.04. The monoisotopic (exact) mass is 416 g/mol. The molecule has 3 fully saturated rings. The van der Waals surface area contributed by atoms with Gasteiger partial charge in [0.15, 0.2) is 5.79 Å². The summed E-state index contributed by atoms with van der Waals surface area (Å²) in [5.41, 5.74) is 3.95. The number of hydrogen-bond donors (Lipinski definition) is 3. The first-order valence-electron chi connectivity index (χ1n) is 12.2. The van der Waals surface area contributed by atoms with Crippen LogP contribution in [-0.2, 0) is 0 Å². The molecule has 3 N–H and O–H groups in total. The van der Waals surface area contributed by atoms with Crippen LogP contribution in [0.25, 0.3) is 0 Å². The fourth-order valence-electron chi connectivity index (χ4n) is 6.60. The molecule has 0 aromatic heterocycles. The van der Waals surface area contributed by atoms with Crippen LogP contribution in [0.15, 0.2) is 35.5 Å². The molecule has 0 aromatic rings. The van der Waals surface area contributed by atoms with Crippen LogP contribution in [-0.4, -0.2) is 27.2 Å². The van der Waals surface area contributed by atoms with Crippen molar-refractivity contribution in [2.45, 2.75) is 104 Å². The smallest absolute Gasteiger partial charge is 0.166 e. The van der Waals surface area contributed by atoms with Gasteiger partial charge in [-0.3, -0.25) is 0 Å². The van der Waals surface area contributed by atoms with Crippen molar-refractivity contribution in [3.8, 4) is 0 Å². The van der Waals surface area contributed by atoms with Gasteiger partial charge in [0.05, 0.1) is 6.10 Å². The Kier molecular flexibility index (Phi) is 7.37. The van der Waals surface area contributed by atoms with E-state index in [4.69, 9.17) is 0 Å². The van der Waals surface area contributed by atoms with Crippen LogP contribution in [0.2, 0.25) is 0 Å². The zero-order valence-electron chi connectivity index (χ0n) is 19.7. The minimum atomic E-state index is -1.58. The highest BCUT2D eigenvalue weighted by molar-refractivity contribution is 5.36. The van der Waals surface area contributed by atoms with Gasteiger partial charge in [0, 0.05) is 12.8 Å². The lowest BCUT2D eigenvalue weighted by Crippen LogP contribution is -2.36. The summed E-state index contributed by atoms with van der Waals surface area (Å²) in [4.78, 5) is 0. The second kappa shape index (κ2) is 9.30. The topological polar surface area (TPSA) is 60.7 Å². The van der Waals surface area contributed by atoms with Gasteiger partial charge in [0.2, 0.25) is 0 Å². The first kappa shape index (κ1) is 23.8. The van der Waals surface area contributed by atoms with Gasteiger partial charge < -0.3 is 15.3 Å². The summed E-state index contributed by atoms with van der Waals surface area (Å²) >= 11 is 0. The van der Waals surface area contributed by atoms with Crippen molar-refractivity contribution in [2.75, 3.05) is 0 Å². The van der Waals surface area contributed by atoms with Gasteiger partial charge in [0.1, 0.15) is 0 Å². The van der Waals surface area contributed by atoms with E-state index in [0.717, 1.165) is 36.3 Å². The molecule has 0 heterocycles. The fraction of sp³-hybridized carbons (Fsp3) is 0.778. The highest BCUT2D eigenvalue weighted by Gasteiger charge is 2.50. The van der Waals surface area contributed by atoms with Crippen LogP contribution >= 0.6 is 0 Å². The second-order valence-corrected chi connectivity index (χ2v) is 11.2. The van der Waals surface area contributed by atoms with Gasteiger partial charge in [-0.25, -0.2) is 0 Å². The molecule has 3 aliphatic carbocycles. The van der Waals surface area contributed by atoms with E-state index in [-0.39, 0.29) is 12.5 Å². The summed E-state index contributed by atoms with van der Waals surface area (Å²) in [6.07, 6.45) is 13.8. The van der Waals surface area contributed by atoms with Crippen molar-refractivity contribution >= 4 is 0 Å². The standard InChI is InChI=1S/C27H44O3/c1-18(2)25(28)13-8-20(4)23-11-12-24-21(7-6-15-26(23,24)5)9-10-22-17-27(29,30)16-14-19(22)3/h9-10,18,20,23-25,28-30H,3,6-8,11-17H2,1-2,4-5H3/b21-9+,22-10-/t20-,23-,24?,25-,26-/m1/s1. The van der Waals surface area contributed by atoms with E-state index in [1.807, 2.05) is 0 Å². The first-order valence-corrected chi connectivity index (χ1v) is 12.2. The normalized spacial score (nSPS) is 36.3. The van der Waals surface area contributed by atoms with E-state index in [1.54, 1.807) is 5.57 Å². The molecule has 3 saturated carbocycles. The minimum Gasteiger partial charge on any atom is -0.393 e. The molecule has 0 aromatic carbocycles. The molecule has 0 saturated heterocycles. The van der Waals surface area contributed by atoms with E-state index in [2.05, 4.69) is 46.4 Å². The van der Waals surface area contributed by atoms with E-state index >= 15 is 0 Å². The molecular formula is C27H44O3. The Bertz CT molecular complexity index is 686. The van der Waals surface area contributed by atoms with Crippen molar-refractivity contribution < 1.29 is 15.3 Å². The molecule has 3 aliphatic rings. The summed E-state index contributed by atoms with van der Waals surface area (Å²) in [5, 5.41) is 30.3. The van der Waals surface area contributed by atoms with Gasteiger partial charge in [0.25, 0.3) is 0 Å². The molecule has 0 radical (unpaired) electrons. The highest BCUT2D eigenvalue weighted by atomic mass is 16.5. The van der Waals surface area contributed by atoms with Crippen molar-refractivity contribution in [1.29, 1.82) is 0 Å². The molecule has 3 nitrogen and oxygen atoms in total. The fourth-order valence-corrected chi connectivity index (χ4v) is 6.60. The summed E-state index contributed by atoms with van der Waals surface area (Å²) in [6.45, 7) is 13.3. The molecule has 0 aliphatic heterocycles. The van der Waals surface area contributed by atoms with Gasteiger partial charge >= 0.3 is 0 Å². The van der Waals surface area contributed by atoms with Crippen LogP contribution < -0.4 is 0 Å². The lowest BCUT2D eigenvalue weighted by atomic mass is 9.60. The number of rotatable bonds is 6. The third-order valence-corrected chi connectivity index (χ3v) is 8.67. The SMILES string of the molecule is C=C1CCC(O)(O)C/C1=C/C=C1\CCC[C@@]2(C)C1CC[C@@H]2[C@H](C)CC[C@@H](O)C(C)C. The molecule has 30 heavy (non-hydrogen) atoms. The third-order valence-electron chi connectivity index (χ3n) is 8.67. The number of hydrogen-bond acceptors (Lipinski definition) is 3. The molecular weight excluding hydrogens is 372 g/mol. The summed E-state index contributed by atoms with van der Waals surface area (Å²) in [7, 11) is 0. The zero-order valence-corrected chi connectivity index (χ0v) is 19.7. The highest BCUT2D eigenvalue weighted by Crippen LogP contribution is 2.60. The van der Waals surface area contributed by atoms with E-state index in [1.165, 1.54) is 25.7 Å². The van der Waals surface area contributed by atoms with Crippen LogP contribution in [0.4, 0.5) is 0 Å². The van der Waals surface area contributed by atoms with E-state index in [9.17, 15) is 15.3 Å². The second-order valence-electron chi connectivity index (χ2n) is 11.2. The maximum Gasteiger partial charge on any atom is 0.166 e. The van der Waals surface area contributed by atoms with Gasteiger partial charge in [-0.1, -0.05) is 57.6 Å². The Morgan fingerprint density at radius 1 is 1.07 bits per heavy atom. The largest absolute Gasteiger partial charge is 0.393 e. The minimum absolute atomic E-state index is 0.181. The number of aliphatic hydroxyl groups excluding tert-OH is 1. The first-order chi connectivity index (χ1) is 14.0. The maximum atomic E-state index is 10.3. The van der Waals surface area contributed by atoms with Gasteiger partial charge in [-0.2, -0.15) is 0 Å². The summed E-state index contributed by atoms with van der Waals surface area (Å²) in [6, 6.07) is 0. The van der Waals surface area contributed by atoms with E-state index in [0.29, 0.717) is 36.0 Å². The van der Waals surface area contributed by atoms with Gasteiger partial charge in [-0.05, 0) is 86.0 Å². The van der Waals surface area contributed by atoms with Gasteiger partial charge in [-0.15, -0.1) is 0 Å². The predicted octanol–water partition coefficient (Wildman–Crippen LogP) is 5.91. The molecule has 5 atom stereocenters. The Labute approximate surface area is 184 Å². The number of allylic oxidation sites excluding steroid dienone is 4. The Balaban J connectivity index is 1.72. The lowest BCUT2D eigenvalue weighted by Gasteiger charge is -2.44. The quantitative estimate of drug-likeness (QED) is 0.472. The summed E-state index contributed by atoms with van der Waals surface area (Å²) in [5.74, 6) is 0.767. The summed E-state index contributed by atoms with van der Waals surface area (Å²) < 4.78 is 0. The van der Waals surface area contributed by atoms with Crippen LogP contribution in [0, 0.1) is 29.1 Å². The maximum absolute atomic E-state index is 10.3. The van der Waals surface area contributed by atoms with Crippen LogP contribution in [0.3, 0.4) is 0 Å². The van der Waals surface area contributed by atoms with Crippen molar-refractivity contribution in [3.63, 3.8) is 0 Å². The van der Waals surface area contributed by atoms with Crippen molar-refractivity contribution in [2.24, 2.45) is 29.1 Å². The predicted molar refractivity (Wildman–Crippen MR) is 124 cm³/mol. The van der Waals surface area contributed by atoms with Crippen LogP contribution in [0.5, 0.6) is 0 Å². The van der Waals surface area contributed by atoms with Crippen molar-refractivity contribution in [3.05, 3.63) is 35.5 Å². The molecule has 0 amide bonds. The third kappa shape index (κ3) is 5.11. The van der Waals surface area contributed by atoms with Crippen molar-refractivity contribution in [1.82, 2.24) is 0 Å². The Morgan fingerprint density at radius 2 is 1.80 bits per heavy atom. The molecule has 0 spiro atoms. The number of fused-ring (bicyclic) bond motifs is 1. The molecule has 3 heteroatoms. The molecule has 1 unspecified atom stereocenters. The van der Waals surface area contributed by atoms with Crippen LogP contribution in [0.1, 0.15) is 91.9 Å². The Morgan fingerprint density at radius 3 is 2.50 bits per heavy atom. The molecule has 0 bridgehead atoms. The molecule has 170 valence electrons. The number of aliphatic hydroxyl groups is 3. The average molecular weight is 417 g/mol. The van der Waals surface area contributed by atoms with E-state index < -0.39 is 5.79 Å². The molecule has 3 rings (SSSR count). The Hall–Kier alpha value is -0.900.